The van der Waals surface area contributed by atoms with Gasteiger partial charge in [-0.3, -0.25) is 4.79 Å². The highest BCUT2D eigenvalue weighted by Crippen LogP contribution is 2.31. The minimum Gasteiger partial charge on any atom is -0.493 e. The third kappa shape index (κ3) is 5.43. The number of amides is 1. The van der Waals surface area contributed by atoms with Gasteiger partial charge in [0.1, 0.15) is 6.61 Å². The van der Waals surface area contributed by atoms with Gasteiger partial charge in [-0.05, 0) is 48.7 Å². The molecule has 0 aliphatic heterocycles. The first-order chi connectivity index (χ1) is 13.6. The van der Waals surface area contributed by atoms with E-state index in [9.17, 15) is 4.79 Å². The van der Waals surface area contributed by atoms with E-state index in [0.717, 1.165) is 24.0 Å². The van der Waals surface area contributed by atoms with Crippen LogP contribution in [0.15, 0.2) is 42.5 Å². The summed E-state index contributed by atoms with van der Waals surface area (Å²) in [6.45, 7) is 0.230. The van der Waals surface area contributed by atoms with E-state index in [4.69, 9.17) is 32.7 Å². The second-order valence-corrected chi connectivity index (χ2v) is 7.54. The Labute approximate surface area is 175 Å². The molecular formula is C22H23Cl2NO3. The van der Waals surface area contributed by atoms with Crippen LogP contribution in [-0.2, 0) is 11.4 Å². The summed E-state index contributed by atoms with van der Waals surface area (Å²) in [6, 6.07) is 11.1. The summed E-state index contributed by atoms with van der Waals surface area (Å²) in [6.07, 6.45) is 7.82. The molecule has 148 valence electrons. The van der Waals surface area contributed by atoms with Crippen LogP contribution in [0.4, 0.5) is 0 Å². The maximum Gasteiger partial charge on any atom is 0.244 e. The van der Waals surface area contributed by atoms with Gasteiger partial charge in [-0.25, -0.2) is 0 Å². The van der Waals surface area contributed by atoms with Gasteiger partial charge in [-0.15, -0.1) is 0 Å². The minimum absolute atomic E-state index is 0.0699. The number of ether oxygens (including phenoxy) is 2. The molecule has 0 unspecified atom stereocenters. The quantitative estimate of drug-likeness (QED) is 0.589. The van der Waals surface area contributed by atoms with Gasteiger partial charge in [0.15, 0.2) is 11.5 Å². The summed E-state index contributed by atoms with van der Waals surface area (Å²) in [5, 5.41) is 4.14. The molecule has 2 aromatic rings. The van der Waals surface area contributed by atoms with Crippen LogP contribution in [-0.4, -0.2) is 19.1 Å². The van der Waals surface area contributed by atoms with Gasteiger partial charge in [-0.2, -0.15) is 0 Å². The van der Waals surface area contributed by atoms with Crippen molar-refractivity contribution in [2.24, 2.45) is 0 Å². The van der Waals surface area contributed by atoms with Gasteiger partial charge >= 0.3 is 0 Å². The SMILES string of the molecule is COc1cc(/C=C/C(=O)NC2CCCC2)ccc1OCc1c(Cl)cccc1Cl. The molecule has 6 heteroatoms. The molecule has 1 N–H and O–H groups in total. The first-order valence-electron chi connectivity index (χ1n) is 9.29. The number of benzene rings is 2. The molecule has 28 heavy (non-hydrogen) atoms. The Morgan fingerprint density at radius 2 is 1.86 bits per heavy atom. The molecule has 0 aromatic heterocycles. The van der Waals surface area contributed by atoms with Crippen molar-refractivity contribution in [3.8, 4) is 11.5 Å². The second kappa shape index (κ2) is 9.85. The van der Waals surface area contributed by atoms with Crippen LogP contribution in [0.2, 0.25) is 10.0 Å². The van der Waals surface area contributed by atoms with Crippen LogP contribution < -0.4 is 14.8 Å². The number of rotatable bonds is 7. The smallest absolute Gasteiger partial charge is 0.244 e. The fourth-order valence-corrected chi connectivity index (χ4v) is 3.73. The van der Waals surface area contributed by atoms with Crippen LogP contribution in [0.5, 0.6) is 11.5 Å². The van der Waals surface area contributed by atoms with Gasteiger partial charge in [0.05, 0.1) is 7.11 Å². The summed E-state index contributed by atoms with van der Waals surface area (Å²) in [4.78, 5) is 12.0. The fourth-order valence-electron chi connectivity index (χ4n) is 3.22. The molecule has 0 atom stereocenters. The summed E-state index contributed by atoms with van der Waals surface area (Å²) in [7, 11) is 1.57. The zero-order valence-electron chi connectivity index (χ0n) is 15.7. The number of nitrogens with one attached hydrogen (secondary N) is 1. The molecule has 0 radical (unpaired) electrons. The van der Waals surface area contributed by atoms with Crippen LogP contribution in [0.3, 0.4) is 0 Å². The number of carbonyl (C=O) groups is 1. The van der Waals surface area contributed by atoms with Crippen molar-refractivity contribution in [1.82, 2.24) is 5.32 Å². The maximum absolute atomic E-state index is 12.0. The largest absolute Gasteiger partial charge is 0.493 e. The standard InChI is InChI=1S/C22H23Cl2NO3/c1-27-21-13-15(10-12-22(26)25-16-5-2-3-6-16)9-11-20(21)28-14-17-18(23)7-4-8-19(17)24/h4,7-13,16H,2-3,5-6,14H2,1H3,(H,25,26)/b12-10+. The summed E-state index contributed by atoms with van der Waals surface area (Å²) < 4.78 is 11.3. The van der Waals surface area contributed by atoms with Crippen molar-refractivity contribution in [2.45, 2.75) is 38.3 Å². The minimum atomic E-state index is -0.0699. The van der Waals surface area contributed by atoms with E-state index in [2.05, 4.69) is 5.32 Å². The number of hydrogen-bond donors (Lipinski definition) is 1. The van der Waals surface area contributed by atoms with Crippen molar-refractivity contribution in [2.75, 3.05) is 7.11 Å². The third-order valence-electron chi connectivity index (χ3n) is 4.75. The first kappa shape index (κ1) is 20.6. The molecule has 0 bridgehead atoms. The van der Waals surface area contributed by atoms with Crippen LogP contribution in [0.1, 0.15) is 36.8 Å². The van der Waals surface area contributed by atoms with Gasteiger partial charge in [0.2, 0.25) is 5.91 Å². The van der Waals surface area contributed by atoms with E-state index in [0.29, 0.717) is 27.6 Å². The summed E-state index contributed by atoms with van der Waals surface area (Å²) >= 11 is 12.4. The third-order valence-corrected chi connectivity index (χ3v) is 5.46. The first-order valence-corrected chi connectivity index (χ1v) is 10.0. The normalized spacial score (nSPS) is 14.4. The maximum atomic E-state index is 12.0. The Kier molecular flexibility index (Phi) is 7.24. The van der Waals surface area contributed by atoms with Crippen molar-refractivity contribution in [3.05, 3.63) is 63.6 Å². The highest BCUT2D eigenvalue weighted by molar-refractivity contribution is 6.35. The molecule has 0 heterocycles. The lowest BCUT2D eigenvalue weighted by atomic mass is 10.1. The van der Waals surface area contributed by atoms with Crippen molar-refractivity contribution in [3.63, 3.8) is 0 Å². The fraction of sp³-hybridized carbons (Fsp3) is 0.318. The van der Waals surface area contributed by atoms with E-state index in [1.165, 1.54) is 12.8 Å². The number of methoxy groups -OCH3 is 1. The van der Waals surface area contributed by atoms with Gasteiger partial charge in [-0.1, -0.05) is 48.2 Å². The molecule has 4 nitrogen and oxygen atoms in total. The van der Waals surface area contributed by atoms with Crippen molar-refractivity contribution >= 4 is 35.2 Å². The van der Waals surface area contributed by atoms with E-state index in [1.807, 2.05) is 12.1 Å². The number of hydrogen-bond acceptors (Lipinski definition) is 3. The number of carbonyl (C=O) groups excluding carboxylic acids is 1. The van der Waals surface area contributed by atoms with Crippen molar-refractivity contribution < 1.29 is 14.3 Å². The molecule has 1 aliphatic rings. The lowest BCUT2D eigenvalue weighted by molar-refractivity contribution is -0.117. The lowest BCUT2D eigenvalue weighted by Gasteiger charge is -2.13. The molecule has 0 spiro atoms. The Balaban J connectivity index is 1.64. The molecule has 3 rings (SSSR count). The molecule has 1 aliphatic carbocycles. The lowest BCUT2D eigenvalue weighted by Crippen LogP contribution is -2.30. The zero-order chi connectivity index (χ0) is 19.9. The Morgan fingerprint density at radius 3 is 2.54 bits per heavy atom. The van der Waals surface area contributed by atoms with E-state index < -0.39 is 0 Å². The molecule has 2 aromatic carbocycles. The van der Waals surface area contributed by atoms with E-state index in [-0.39, 0.29) is 12.5 Å². The van der Waals surface area contributed by atoms with Crippen LogP contribution in [0, 0.1) is 0 Å². The topological polar surface area (TPSA) is 47.6 Å². The van der Waals surface area contributed by atoms with E-state index in [1.54, 1.807) is 43.5 Å². The highest BCUT2D eigenvalue weighted by atomic mass is 35.5. The van der Waals surface area contributed by atoms with Gasteiger partial charge in [0, 0.05) is 27.7 Å². The predicted octanol–water partition coefficient (Wildman–Crippen LogP) is 5.65. The average molecular weight is 420 g/mol. The Bertz CT molecular complexity index is 841. The summed E-state index contributed by atoms with van der Waals surface area (Å²) in [5.74, 6) is 1.08. The van der Waals surface area contributed by atoms with Gasteiger partial charge in [0.25, 0.3) is 0 Å². The van der Waals surface area contributed by atoms with E-state index >= 15 is 0 Å². The second-order valence-electron chi connectivity index (χ2n) is 6.72. The molecule has 1 amide bonds. The Morgan fingerprint density at radius 1 is 1.14 bits per heavy atom. The Hall–Kier alpha value is -2.17. The van der Waals surface area contributed by atoms with Crippen LogP contribution >= 0.6 is 23.2 Å². The summed E-state index contributed by atoms with van der Waals surface area (Å²) in [5.41, 5.74) is 1.57. The molecule has 1 saturated carbocycles. The highest BCUT2D eigenvalue weighted by Gasteiger charge is 2.15. The average Bonchev–Trinajstić information content (AvgIpc) is 3.19. The molecular weight excluding hydrogens is 397 g/mol. The zero-order valence-corrected chi connectivity index (χ0v) is 17.2. The molecule has 0 saturated heterocycles. The monoisotopic (exact) mass is 419 g/mol. The van der Waals surface area contributed by atoms with Gasteiger partial charge < -0.3 is 14.8 Å². The molecule has 1 fully saturated rings. The van der Waals surface area contributed by atoms with Crippen molar-refractivity contribution in [1.29, 1.82) is 0 Å². The predicted molar refractivity (Wildman–Crippen MR) is 113 cm³/mol. The van der Waals surface area contributed by atoms with Crippen LogP contribution in [0.25, 0.3) is 6.08 Å². The number of halogens is 2.